The van der Waals surface area contributed by atoms with Gasteiger partial charge in [0.25, 0.3) is 5.69 Å². The van der Waals surface area contributed by atoms with Crippen LogP contribution < -0.4 is 5.32 Å². The van der Waals surface area contributed by atoms with E-state index < -0.39 is 4.92 Å². The van der Waals surface area contributed by atoms with Crippen molar-refractivity contribution in [3.63, 3.8) is 0 Å². The summed E-state index contributed by atoms with van der Waals surface area (Å²) < 4.78 is 0. The van der Waals surface area contributed by atoms with Gasteiger partial charge in [0.05, 0.1) is 11.5 Å². The van der Waals surface area contributed by atoms with E-state index in [1.807, 2.05) is 13.8 Å². The van der Waals surface area contributed by atoms with Crippen molar-refractivity contribution in [1.29, 1.82) is 0 Å². The Balaban J connectivity index is 2.68. The molecule has 0 aliphatic heterocycles. The van der Waals surface area contributed by atoms with Crippen molar-refractivity contribution in [3.05, 3.63) is 39.9 Å². The van der Waals surface area contributed by atoms with E-state index in [1.54, 1.807) is 25.2 Å². The summed E-state index contributed by atoms with van der Waals surface area (Å²) in [7, 11) is 1.66. The Morgan fingerprint density at radius 3 is 2.70 bits per heavy atom. The van der Waals surface area contributed by atoms with Crippen molar-refractivity contribution < 1.29 is 9.72 Å². The number of nitro benzene ring substituents is 1. The van der Waals surface area contributed by atoms with E-state index >= 15 is 0 Å². The first-order valence-electron chi connectivity index (χ1n) is 6.65. The molecule has 1 rings (SSSR count). The predicted octanol–water partition coefficient (Wildman–Crippen LogP) is 1.94. The first kappa shape index (κ1) is 16.1. The van der Waals surface area contributed by atoms with Gasteiger partial charge in [-0.15, -0.1) is 0 Å². The number of carbonyl (C=O) groups is 1. The van der Waals surface area contributed by atoms with Crippen LogP contribution in [0.15, 0.2) is 24.3 Å². The Morgan fingerprint density at radius 2 is 2.10 bits per heavy atom. The lowest BCUT2D eigenvalue weighted by atomic mass is 10.1. The highest BCUT2D eigenvalue weighted by atomic mass is 16.6. The first-order chi connectivity index (χ1) is 9.45. The number of nitrogens with zero attached hydrogens (tertiary/aromatic N) is 2. The van der Waals surface area contributed by atoms with Crippen molar-refractivity contribution in [2.75, 3.05) is 13.6 Å². The molecule has 1 aromatic rings. The first-order valence-corrected chi connectivity index (χ1v) is 6.65. The Bertz CT molecular complexity index is 476. The minimum atomic E-state index is -0.422. The molecule has 6 nitrogen and oxygen atoms in total. The van der Waals surface area contributed by atoms with E-state index in [0.717, 1.165) is 6.54 Å². The summed E-state index contributed by atoms with van der Waals surface area (Å²) in [6.45, 7) is 4.98. The molecule has 0 saturated heterocycles. The molecule has 0 aliphatic carbocycles. The molecule has 6 heteroatoms. The molecule has 0 saturated carbocycles. The van der Waals surface area contributed by atoms with Crippen LogP contribution in [0.1, 0.15) is 25.8 Å². The molecule has 1 amide bonds. The second-order valence-corrected chi connectivity index (χ2v) is 4.80. The topological polar surface area (TPSA) is 75.5 Å². The third kappa shape index (κ3) is 4.62. The van der Waals surface area contributed by atoms with E-state index in [9.17, 15) is 14.9 Å². The van der Waals surface area contributed by atoms with Crippen molar-refractivity contribution >= 4 is 11.6 Å². The molecular formula is C14H21N3O3. The Hall–Kier alpha value is -1.95. The molecule has 1 unspecified atom stereocenters. The molecule has 0 heterocycles. The van der Waals surface area contributed by atoms with Crippen LogP contribution in [0.2, 0.25) is 0 Å². The minimum absolute atomic E-state index is 0.0309. The van der Waals surface area contributed by atoms with Crippen LogP contribution in [0, 0.1) is 10.1 Å². The lowest BCUT2D eigenvalue weighted by Gasteiger charge is -2.20. The molecule has 0 aliphatic rings. The second-order valence-electron chi connectivity index (χ2n) is 4.80. The molecule has 0 spiro atoms. The van der Waals surface area contributed by atoms with Crippen molar-refractivity contribution in [1.82, 2.24) is 10.2 Å². The number of nitro groups is 1. The van der Waals surface area contributed by atoms with Gasteiger partial charge in [0, 0.05) is 31.1 Å². The highest BCUT2D eigenvalue weighted by Gasteiger charge is 2.18. The lowest BCUT2D eigenvalue weighted by molar-refractivity contribution is -0.385. The summed E-state index contributed by atoms with van der Waals surface area (Å²) in [5, 5.41) is 14.1. The highest BCUT2D eigenvalue weighted by Crippen LogP contribution is 2.19. The van der Waals surface area contributed by atoms with Crippen molar-refractivity contribution in [2.45, 2.75) is 32.9 Å². The quantitative estimate of drug-likeness (QED) is 0.611. The van der Waals surface area contributed by atoms with Gasteiger partial charge in [0.1, 0.15) is 0 Å². The summed E-state index contributed by atoms with van der Waals surface area (Å²) in [5.74, 6) is -0.0309. The Morgan fingerprint density at radius 1 is 1.45 bits per heavy atom. The van der Waals surface area contributed by atoms with E-state index in [2.05, 4.69) is 5.32 Å². The molecule has 110 valence electrons. The summed E-state index contributed by atoms with van der Waals surface area (Å²) in [5.41, 5.74) is 0.594. The molecule has 0 bridgehead atoms. The Labute approximate surface area is 118 Å². The average Bonchev–Trinajstić information content (AvgIpc) is 2.39. The largest absolute Gasteiger partial charge is 0.341 e. The standard InChI is InChI=1S/C14H21N3O3/c1-4-15-11(2)9-14(18)16(3)10-12-7-5-6-8-13(12)17(19)20/h5-8,11,15H,4,9-10H2,1-3H3. The molecule has 1 N–H and O–H groups in total. The number of benzene rings is 1. The van der Waals surface area contributed by atoms with Gasteiger partial charge in [-0.3, -0.25) is 14.9 Å². The SMILES string of the molecule is CCNC(C)CC(=O)N(C)Cc1ccccc1[N+](=O)[O-]. The number of rotatable bonds is 7. The fourth-order valence-electron chi connectivity index (χ4n) is 2.00. The van der Waals surface area contributed by atoms with E-state index in [1.165, 1.54) is 11.0 Å². The number of carbonyl (C=O) groups excluding carboxylic acids is 1. The van der Waals surface area contributed by atoms with Gasteiger partial charge in [-0.1, -0.05) is 25.1 Å². The van der Waals surface area contributed by atoms with Crippen LogP contribution >= 0.6 is 0 Å². The smallest absolute Gasteiger partial charge is 0.274 e. The molecule has 1 aromatic carbocycles. The maximum absolute atomic E-state index is 12.0. The molecule has 0 radical (unpaired) electrons. The normalized spacial score (nSPS) is 11.9. The van der Waals surface area contributed by atoms with Gasteiger partial charge in [0.2, 0.25) is 5.91 Å². The van der Waals surface area contributed by atoms with Crippen LogP contribution in [0.3, 0.4) is 0 Å². The monoisotopic (exact) mass is 279 g/mol. The van der Waals surface area contributed by atoms with Gasteiger partial charge < -0.3 is 10.2 Å². The van der Waals surface area contributed by atoms with Crippen LogP contribution in [0.5, 0.6) is 0 Å². The number of hydrogen-bond donors (Lipinski definition) is 1. The highest BCUT2D eigenvalue weighted by molar-refractivity contribution is 5.76. The van der Waals surface area contributed by atoms with E-state index in [4.69, 9.17) is 0 Å². The molecule has 0 fully saturated rings. The van der Waals surface area contributed by atoms with Gasteiger partial charge >= 0.3 is 0 Å². The van der Waals surface area contributed by atoms with Crippen molar-refractivity contribution in [3.8, 4) is 0 Å². The fraction of sp³-hybridized carbons (Fsp3) is 0.500. The number of para-hydroxylation sites is 1. The fourth-order valence-corrected chi connectivity index (χ4v) is 2.00. The molecule has 1 atom stereocenters. The lowest BCUT2D eigenvalue weighted by Crippen LogP contribution is -2.34. The van der Waals surface area contributed by atoms with E-state index in [-0.39, 0.29) is 24.2 Å². The third-order valence-corrected chi connectivity index (χ3v) is 3.05. The number of nitrogens with one attached hydrogen (secondary N) is 1. The zero-order chi connectivity index (χ0) is 15.1. The zero-order valence-electron chi connectivity index (χ0n) is 12.1. The third-order valence-electron chi connectivity index (χ3n) is 3.05. The second kappa shape index (κ2) is 7.59. The molecular weight excluding hydrogens is 258 g/mol. The van der Waals surface area contributed by atoms with Gasteiger partial charge in [-0.25, -0.2) is 0 Å². The number of amides is 1. The van der Waals surface area contributed by atoms with Crippen LogP contribution in [0.4, 0.5) is 5.69 Å². The summed E-state index contributed by atoms with van der Waals surface area (Å²) in [4.78, 5) is 24.1. The minimum Gasteiger partial charge on any atom is -0.341 e. The van der Waals surface area contributed by atoms with E-state index in [0.29, 0.717) is 12.0 Å². The summed E-state index contributed by atoms with van der Waals surface area (Å²) >= 11 is 0. The predicted molar refractivity (Wildman–Crippen MR) is 77.3 cm³/mol. The van der Waals surface area contributed by atoms with Gasteiger partial charge in [-0.2, -0.15) is 0 Å². The zero-order valence-corrected chi connectivity index (χ0v) is 12.1. The summed E-state index contributed by atoms with van der Waals surface area (Å²) in [6, 6.07) is 6.59. The molecule has 20 heavy (non-hydrogen) atoms. The summed E-state index contributed by atoms with van der Waals surface area (Å²) in [6.07, 6.45) is 0.380. The van der Waals surface area contributed by atoms with Gasteiger partial charge in [0.15, 0.2) is 0 Å². The number of hydrogen-bond acceptors (Lipinski definition) is 4. The average molecular weight is 279 g/mol. The Kier molecular flexibility index (Phi) is 6.11. The van der Waals surface area contributed by atoms with Crippen molar-refractivity contribution in [2.24, 2.45) is 0 Å². The van der Waals surface area contributed by atoms with Crippen LogP contribution in [-0.4, -0.2) is 35.4 Å². The van der Waals surface area contributed by atoms with Crippen LogP contribution in [0.25, 0.3) is 0 Å². The van der Waals surface area contributed by atoms with Crippen LogP contribution in [-0.2, 0) is 11.3 Å². The maximum atomic E-state index is 12.0. The van der Waals surface area contributed by atoms with Gasteiger partial charge in [-0.05, 0) is 13.5 Å². The molecule has 0 aromatic heterocycles. The maximum Gasteiger partial charge on any atom is 0.274 e.